The van der Waals surface area contributed by atoms with Gasteiger partial charge in [0.25, 0.3) is 0 Å². The summed E-state index contributed by atoms with van der Waals surface area (Å²) in [5, 5.41) is 0. The zero-order valence-electron chi connectivity index (χ0n) is 8.79. The minimum Gasteiger partial charge on any atom is -0.300 e. The van der Waals surface area contributed by atoms with Crippen molar-refractivity contribution < 1.29 is 0 Å². The molecule has 2 unspecified atom stereocenters. The van der Waals surface area contributed by atoms with Crippen molar-refractivity contribution in [2.24, 2.45) is 11.8 Å². The van der Waals surface area contributed by atoms with Gasteiger partial charge in [0.1, 0.15) is 0 Å². The molecule has 3 N–H and O–H groups in total. The van der Waals surface area contributed by atoms with Gasteiger partial charge < -0.3 is 4.90 Å². The lowest BCUT2D eigenvalue weighted by atomic mass is 9.97. The van der Waals surface area contributed by atoms with E-state index in [1.54, 1.807) is 0 Å². The Kier molecular flexibility index (Phi) is 4.52. The highest BCUT2D eigenvalue weighted by Crippen LogP contribution is 2.20. The summed E-state index contributed by atoms with van der Waals surface area (Å²) in [7, 11) is 2.19. The minimum absolute atomic E-state index is 0.415. The third-order valence-corrected chi connectivity index (χ3v) is 3.82. The smallest absolute Gasteiger partial charge is 0.0397 e. The summed E-state index contributed by atoms with van der Waals surface area (Å²) in [6.45, 7) is 5.62. The topological polar surface area (TPSA) is 41.3 Å². The summed E-state index contributed by atoms with van der Waals surface area (Å²) in [4.78, 5) is 2.42. The van der Waals surface area contributed by atoms with Crippen LogP contribution in [-0.2, 0) is 0 Å². The Labute approximate surface area is 85.4 Å². The number of likely N-dealkylation sites (N-methyl/N-ethyl adjacent to an activating group) is 1. The van der Waals surface area contributed by atoms with Gasteiger partial charge in [-0.2, -0.15) is 11.8 Å². The van der Waals surface area contributed by atoms with Gasteiger partial charge in [-0.25, -0.2) is 0 Å². The summed E-state index contributed by atoms with van der Waals surface area (Å²) < 4.78 is 0. The molecule has 1 rings (SSSR count). The van der Waals surface area contributed by atoms with Crippen molar-refractivity contribution >= 4 is 11.8 Å². The Hall–Kier alpha value is 0.230. The maximum atomic E-state index is 5.58. The quantitative estimate of drug-likeness (QED) is 0.518. The maximum absolute atomic E-state index is 5.58. The predicted octanol–water partition coefficient (Wildman–Crippen LogP) is 0.522. The summed E-state index contributed by atoms with van der Waals surface area (Å²) in [5.74, 6) is 8.62. The van der Waals surface area contributed by atoms with Crippen LogP contribution in [0.2, 0.25) is 0 Å². The Morgan fingerprint density at radius 2 is 2.23 bits per heavy atom. The molecule has 2 atom stereocenters. The van der Waals surface area contributed by atoms with E-state index in [9.17, 15) is 0 Å². The molecule has 4 heteroatoms. The van der Waals surface area contributed by atoms with Crippen LogP contribution >= 0.6 is 11.8 Å². The molecular weight excluding hydrogens is 182 g/mol. The van der Waals surface area contributed by atoms with Gasteiger partial charge in [-0.3, -0.25) is 11.3 Å². The molecule has 1 fully saturated rings. The molecule has 0 spiro atoms. The van der Waals surface area contributed by atoms with E-state index in [0.29, 0.717) is 18.0 Å². The number of nitrogens with one attached hydrogen (secondary N) is 1. The van der Waals surface area contributed by atoms with Crippen LogP contribution in [-0.4, -0.2) is 42.1 Å². The first kappa shape index (κ1) is 11.3. The average Bonchev–Trinajstić information content (AvgIpc) is 2.09. The van der Waals surface area contributed by atoms with Crippen LogP contribution in [0, 0.1) is 5.92 Å². The molecule has 0 aromatic carbocycles. The number of hydrogen-bond acceptors (Lipinski definition) is 4. The molecule has 0 aromatic heterocycles. The van der Waals surface area contributed by atoms with Crippen molar-refractivity contribution in [3.63, 3.8) is 0 Å². The van der Waals surface area contributed by atoms with Crippen LogP contribution in [0.4, 0.5) is 0 Å². The van der Waals surface area contributed by atoms with Crippen molar-refractivity contribution in [2.75, 3.05) is 25.1 Å². The minimum atomic E-state index is 0.415. The molecule has 0 saturated carbocycles. The number of hydrogen-bond donors (Lipinski definition) is 2. The van der Waals surface area contributed by atoms with Gasteiger partial charge in [0.05, 0.1) is 0 Å². The second-order valence-corrected chi connectivity index (χ2v) is 5.21. The van der Waals surface area contributed by atoms with Crippen LogP contribution in [0.5, 0.6) is 0 Å². The normalized spacial score (nSPS) is 27.9. The standard InChI is InChI=1S/C9H21N3S/c1-7(2)9(11-10)8-6-13-5-4-12(8)3/h7-9,11H,4-6,10H2,1-3H3. The SMILES string of the molecule is CC(C)C(NN)C1CSCCN1C. The van der Waals surface area contributed by atoms with Gasteiger partial charge in [-0.15, -0.1) is 0 Å². The highest BCUT2D eigenvalue weighted by Gasteiger charge is 2.28. The van der Waals surface area contributed by atoms with Crippen LogP contribution in [0.1, 0.15) is 13.8 Å². The molecule has 1 heterocycles. The second-order valence-electron chi connectivity index (χ2n) is 4.06. The molecule has 0 amide bonds. The first-order valence-electron chi connectivity index (χ1n) is 4.91. The van der Waals surface area contributed by atoms with Crippen molar-refractivity contribution in [3.8, 4) is 0 Å². The van der Waals surface area contributed by atoms with E-state index in [-0.39, 0.29) is 0 Å². The summed E-state index contributed by atoms with van der Waals surface area (Å²) in [5.41, 5.74) is 2.95. The predicted molar refractivity (Wildman–Crippen MR) is 59.7 cm³/mol. The van der Waals surface area contributed by atoms with E-state index >= 15 is 0 Å². The van der Waals surface area contributed by atoms with Crippen molar-refractivity contribution in [3.05, 3.63) is 0 Å². The molecule has 0 aliphatic carbocycles. The fourth-order valence-corrected chi connectivity index (χ4v) is 3.12. The van der Waals surface area contributed by atoms with E-state index in [1.165, 1.54) is 18.1 Å². The van der Waals surface area contributed by atoms with Gasteiger partial charge in [0.2, 0.25) is 0 Å². The largest absolute Gasteiger partial charge is 0.300 e. The van der Waals surface area contributed by atoms with Crippen LogP contribution < -0.4 is 11.3 Å². The summed E-state index contributed by atoms with van der Waals surface area (Å²) in [6, 6.07) is 1.00. The Bertz CT molecular complexity index is 152. The van der Waals surface area contributed by atoms with E-state index < -0.39 is 0 Å². The van der Waals surface area contributed by atoms with Crippen LogP contribution in [0.3, 0.4) is 0 Å². The lowest BCUT2D eigenvalue weighted by Gasteiger charge is -2.39. The third kappa shape index (κ3) is 2.84. The maximum Gasteiger partial charge on any atom is 0.0397 e. The Balaban J connectivity index is 2.55. The zero-order chi connectivity index (χ0) is 9.84. The molecule has 0 aromatic rings. The lowest BCUT2D eigenvalue weighted by Crippen LogP contribution is -2.56. The highest BCUT2D eigenvalue weighted by atomic mass is 32.2. The summed E-state index contributed by atoms with van der Waals surface area (Å²) in [6.07, 6.45) is 0. The molecule has 1 saturated heterocycles. The fourth-order valence-electron chi connectivity index (χ4n) is 1.83. The van der Waals surface area contributed by atoms with Gasteiger partial charge in [-0.05, 0) is 13.0 Å². The molecule has 3 nitrogen and oxygen atoms in total. The van der Waals surface area contributed by atoms with Crippen molar-refractivity contribution in [1.82, 2.24) is 10.3 Å². The molecule has 1 aliphatic rings. The van der Waals surface area contributed by atoms with Crippen molar-refractivity contribution in [1.29, 1.82) is 0 Å². The Morgan fingerprint density at radius 1 is 1.54 bits per heavy atom. The monoisotopic (exact) mass is 203 g/mol. The number of nitrogens with zero attached hydrogens (tertiary/aromatic N) is 1. The molecule has 1 aliphatic heterocycles. The highest BCUT2D eigenvalue weighted by molar-refractivity contribution is 7.99. The molecule has 13 heavy (non-hydrogen) atoms. The van der Waals surface area contributed by atoms with E-state index in [4.69, 9.17) is 5.84 Å². The van der Waals surface area contributed by atoms with Crippen LogP contribution in [0.25, 0.3) is 0 Å². The van der Waals surface area contributed by atoms with Gasteiger partial charge in [-0.1, -0.05) is 13.8 Å². The van der Waals surface area contributed by atoms with E-state index in [1.807, 2.05) is 11.8 Å². The van der Waals surface area contributed by atoms with Crippen molar-refractivity contribution in [2.45, 2.75) is 25.9 Å². The van der Waals surface area contributed by atoms with Gasteiger partial charge in [0, 0.05) is 30.1 Å². The number of hydrazine groups is 1. The lowest BCUT2D eigenvalue weighted by molar-refractivity contribution is 0.185. The molecule has 78 valence electrons. The van der Waals surface area contributed by atoms with Crippen LogP contribution in [0.15, 0.2) is 0 Å². The average molecular weight is 203 g/mol. The van der Waals surface area contributed by atoms with Gasteiger partial charge in [0.15, 0.2) is 0 Å². The zero-order valence-corrected chi connectivity index (χ0v) is 9.60. The van der Waals surface area contributed by atoms with Gasteiger partial charge >= 0.3 is 0 Å². The third-order valence-electron chi connectivity index (χ3n) is 2.77. The number of rotatable bonds is 3. The van der Waals surface area contributed by atoms with E-state index in [0.717, 1.165) is 0 Å². The van der Waals surface area contributed by atoms with E-state index in [2.05, 4.69) is 31.2 Å². The number of thioether (sulfide) groups is 1. The Morgan fingerprint density at radius 3 is 2.69 bits per heavy atom. The molecule has 0 radical (unpaired) electrons. The summed E-state index contributed by atoms with van der Waals surface area (Å²) >= 11 is 2.03. The first-order chi connectivity index (χ1) is 6.16. The fraction of sp³-hybridized carbons (Fsp3) is 1.00. The molecule has 0 bridgehead atoms. The number of nitrogens with two attached hydrogens (primary N) is 1. The molecular formula is C9H21N3S. The first-order valence-corrected chi connectivity index (χ1v) is 6.06. The second kappa shape index (κ2) is 5.20.